The third-order valence-corrected chi connectivity index (χ3v) is 7.34. The zero-order valence-corrected chi connectivity index (χ0v) is 20.4. The van der Waals surface area contributed by atoms with Crippen LogP contribution in [0.15, 0.2) is 30.3 Å². The monoisotopic (exact) mass is 438 g/mol. The zero-order chi connectivity index (χ0) is 22.6. The van der Waals surface area contributed by atoms with Crippen molar-refractivity contribution in [3.05, 3.63) is 47.4 Å². The first-order valence-corrected chi connectivity index (χ1v) is 13.3. The Morgan fingerprint density at radius 2 is 1.47 bits per heavy atom. The smallest absolute Gasteiger partial charge is 0.132 e. The van der Waals surface area contributed by atoms with Crippen LogP contribution in [0.25, 0.3) is 11.3 Å². The molecule has 176 valence electrons. The summed E-state index contributed by atoms with van der Waals surface area (Å²) < 4.78 is 14.6. The second kappa shape index (κ2) is 13.7. The number of hydrogen-bond donors (Lipinski definition) is 0. The van der Waals surface area contributed by atoms with Gasteiger partial charge < -0.3 is 0 Å². The van der Waals surface area contributed by atoms with Crippen LogP contribution in [0.1, 0.15) is 109 Å². The average Bonchev–Trinajstić information content (AvgIpc) is 2.82. The molecule has 0 saturated heterocycles. The minimum absolute atomic E-state index is 0.192. The number of aryl methyl sites for hydroxylation is 2. The highest BCUT2D eigenvalue weighted by Gasteiger charge is 2.21. The molecule has 0 bridgehead atoms. The van der Waals surface area contributed by atoms with Crippen molar-refractivity contribution < 1.29 is 4.39 Å². The molecule has 1 aliphatic rings. The third kappa shape index (κ3) is 7.98. The van der Waals surface area contributed by atoms with E-state index in [4.69, 9.17) is 0 Å². The van der Waals surface area contributed by atoms with Gasteiger partial charge in [0.2, 0.25) is 0 Å². The lowest BCUT2D eigenvalue weighted by atomic mass is 9.78. The molecule has 3 heteroatoms. The van der Waals surface area contributed by atoms with E-state index >= 15 is 0 Å². The lowest BCUT2D eigenvalue weighted by molar-refractivity contribution is 0.248. The van der Waals surface area contributed by atoms with Crippen molar-refractivity contribution in [3.8, 4) is 11.3 Å². The highest BCUT2D eigenvalue weighted by molar-refractivity contribution is 5.59. The van der Waals surface area contributed by atoms with Crippen LogP contribution in [0.5, 0.6) is 0 Å². The Morgan fingerprint density at radius 3 is 2.12 bits per heavy atom. The van der Waals surface area contributed by atoms with E-state index in [-0.39, 0.29) is 5.82 Å². The molecule has 32 heavy (non-hydrogen) atoms. The van der Waals surface area contributed by atoms with Crippen molar-refractivity contribution in [1.82, 2.24) is 10.2 Å². The molecule has 0 atom stereocenters. The fourth-order valence-corrected chi connectivity index (χ4v) is 5.14. The molecule has 1 aromatic heterocycles. The molecule has 0 spiro atoms. The minimum Gasteiger partial charge on any atom is -0.206 e. The first kappa shape index (κ1) is 24.9. The molecule has 1 heterocycles. The molecular weight excluding hydrogens is 395 g/mol. The zero-order valence-electron chi connectivity index (χ0n) is 20.4. The van der Waals surface area contributed by atoms with Crippen LogP contribution in [0.2, 0.25) is 0 Å². The summed E-state index contributed by atoms with van der Waals surface area (Å²) >= 11 is 0. The third-order valence-electron chi connectivity index (χ3n) is 7.34. The van der Waals surface area contributed by atoms with E-state index < -0.39 is 0 Å². The standard InChI is InChI=1S/C29H43FN2/c1-3-5-7-8-9-11-23-12-14-24(15-13-23)16-18-26-19-21-29(32-31-26)27-20-17-25(10-6-4-2)22-28(27)30/h17,19-24H,3-16,18H2,1-2H3. The normalized spacial score (nSPS) is 18.7. The van der Waals surface area contributed by atoms with Crippen molar-refractivity contribution in [1.29, 1.82) is 0 Å². The molecule has 0 radical (unpaired) electrons. The van der Waals surface area contributed by atoms with Gasteiger partial charge in [0.25, 0.3) is 0 Å². The van der Waals surface area contributed by atoms with Crippen LogP contribution < -0.4 is 0 Å². The number of hydrogen-bond acceptors (Lipinski definition) is 2. The molecule has 0 amide bonds. The molecule has 3 rings (SSSR count). The summed E-state index contributed by atoms with van der Waals surface area (Å²) in [5, 5.41) is 8.76. The summed E-state index contributed by atoms with van der Waals surface area (Å²) in [7, 11) is 0. The van der Waals surface area contributed by atoms with E-state index in [1.54, 1.807) is 6.07 Å². The SMILES string of the molecule is CCCCCCCC1CCC(CCc2ccc(-c3ccc(CCCC)cc3F)nn2)CC1. The Balaban J connectivity index is 1.40. The molecule has 1 fully saturated rings. The van der Waals surface area contributed by atoms with Gasteiger partial charge in [0.1, 0.15) is 5.82 Å². The van der Waals surface area contributed by atoms with Crippen molar-refractivity contribution in [2.24, 2.45) is 11.8 Å². The van der Waals surface area contributed by atoms with Crippen LogP contribution in [-0.2, 0) is 12.8 Å². The van der Waals surface area contributed by atoms with Gasteiger partial charge in [-0.25, -0.2) is 4.39 Å². The van der Waals surface area contributed by atoms with Gasteiger partial charge in [-0.15, -0.1) is 0 Å². The topological polar surface area (TPSA) is 25.8 Å². The molecular formula is C29H43FN2. The minimum atomic E-state index is -0.192. The number of halogens is 1. The molecule has 0 N–H and O–H groups in total. The second-order valence-electron chi connectivity index (χ2n) is 9.96. The summed E-state index contributed by atoms with van der Waals surface area (Å²) in [6.07, 6.45) is 19.4. The fourth-order valence-electron chi connectivity index (χ4n) is 5.14. The maximum absolute atomic E-state index is 14.6. The maximum atomic E-state index is 14.6. The quantitative estimate of drug-likeness (QED) is 0.292. The van der Waals surface area contributed by atoms with Crippen LogP contribution in [0, 0.1) is 17.7 Å². The summed E-state index contributed by atoms with van der Waals surface area (Å²) in [6, 6.07) is 9.50. The number of nitrogens with zero attached hydrogens (tertiary/aromatic N) is 2. The lowest BCUT2D eigenvalue weighted by Gasteiger charge is -2.28. The number of rotatable bonds is 13. The van der Waals surface area contributed by atoms with Crippen molar-refractivity contribution in [2.75, 3.05) is 0 Å². The van der Waals surface area contributed by atoms with Gasteiger partial charge in [-0.05, 0) is 67.3 Å². The molecule has 1 aromatic carbocycles. The first-order valence-electron chi connectivity index (χ1n) is 13.3. The predicted octanol–water partition coefficient (Wildman–Crippen LogP) is 8.72. The summed E-state index contributed by atoms with van der Waals surface area (Å²) in [4.78, 5) is 0. The van der Waals surface area contributed by atoms with Gasteiger partial charge in [0.05, 0.1) is 11.4 Å². The Hall–Kier alpha value is -1.77. The van der Waals surface area contributed by atoms with Crippen molar-refractivity contribution in [3.63, 3.8) is 0 Å². The van der Waals surface area contributed by atoms with E-state index in [1.807, 2.05) is 24.3 Å². The van der Waals surface area contributed by atoms with Crippen LogP contribution >= 0.6 is 0 Å². The van der Waals surface area contributed by atoms with Crippen molar-refractivity contribution in [2.45, 2.75) is 110 Å². The molecule has 2 aromatic rings. The fraction of sp³-hybridized carbons (Fsp3) is 0.655. The molecule has 0 unspecified atom stereocenters. The van der Waals surface area contributed by atoms with Crippen LogP contribution in [0.3, 0.4) is 0 Å². The summed E-state index contributed by atoms with van der Waals surface area (Å²) in [5.74, 6) is 1.61. The molecule has 0 aliphatic heterocycles. The molecule has 1 saturated carbocycles. The van der Waals surface area contributed by atoms with Crippen LogP contribution in [0.4, 0.5) is 4.39 Å². The lowest BCUT2D eigenvalue weighted by Crippen LogP contribution is -2.15. The largest absolute Gasteiger partial charge is 0.206 e. The van der Waals surface area contributed by atoms with Crippen molar-refractivity contribution >= 4 is 0 Å². The Labute approximate surface area is 195 Å². The summed E-state index contributed by atoms with van der Waals surface area (Å²) in [5.41, 5.74) is 3.28. The Kier molecular flexibility index (Phi) is 10.6. The van der Waals surface area contributed by atoms with E-state index in [9.17, 15) is 4.39 Å². The summed E-state index contributed by atoms with van der Waals surface area (Å²) in [6.45, 7) is 4.44. The maximum Gasteiger partial charge on any atom is 0.132 e. The number of unbranched alkanes of at least 4 members (excludes halogenated alkanes) is 5. The van der Waals surface area contributed by atoms with E-state index in [0.29, 0.717) is 11.3 Å². The van der Waals surface area contributed by atoms with E-state index in [0.717, 1.165) is 48.8 Å². The average molecular weight is 439 g/mol. The van der Waals surface area contributed by atoms with Gasteiger partial charge in [-0.2, -0.15) is 10.2 Å². The number of benzene rings is 1. The van der Waals surface area contributed by atoms with E-state index in [2.05, 4.69) is 24.0 Å². The van der Waals surface area contributed by atoms with Gasteiger partial charge in [-0.3, -0.25) is 0 Å². The van der Waals surface area contributed by atoms with Crippen LogP contribution in [-0.4, -0.2) is 10.2 Å². The molecule has 1 aliphatic carbocycles. The van der Waals surface area contributed by atoms with Gasteiger partial charge in [-0.1, -0.05) is 90.5 Å². The highest BCUT2D eigenvalue weighted by atomic mass is 19.1. The Morgan fingerprint density at radius 1 is 0.750 bits per heavy atom. The van der Waals surface area contributed by atoms with E-state index in [1.165, 1.54) is 70.6 Å². The molecule has 2 nitrogen and oxygen atoms in total. The van der Waals surface area contributed by atoms with Gasteiger partial charge in [0, 0.05) is 5.56 Å². The van der Waals surface area contributed by atoms with Gasteiger partial charge in [0.15, 0.2) is 0 Å². The highest BCUT2D eigenvalue weighted by Crippen LogP contribution is 2.34. The second-order valence-corrected chi connectivity index (χ2v) is 9.96. The van der Waals surface area contributed by atoms with Gasteiger partial charge >= 0.3 is 0 Å². The predicted molar refractivity (Wildman–Crippen MR) is 133 cm³/mol. The Bertz CT molecular complexity index is 778. The first-order chi connectivity index (χ1) is 15.7. The number of aromatic nitrogens is 2.